The fraction of sp³-hybridized carbons (Fsp3) is 0.350. The third kappa shape index (κ3) is 3.98. The standard InChI is InChI=1S/C20H24N2O5S/c1-14-6-8-16(28(24,25)22-10-4-5-11-22)13-17(14)20(23)21-18-9-7-15(26-2)12-19(18)27-3/h6-9,12-13H,4-5,10-11H2,1-3H3,(H,21,23). The van der Waals surface area contributed by atoms with E-state index in [0.29, 0.717) is 41.4 Å². The molecule has 1 amide bonds. The summed E-state index contributed by atoms with van der Waals surface area (Å²) in [4.78, 5) is 13.0. The monoisotopic (exact) mass is 404 g/mol. The van der Waals surface area contributed by atoms with E-state index in [9.17, 15) is 13.2 Å². The Labute approximate surface area is 165 Å². The number of amides is 1. The van der Waals surface area contributed by atoms with Crippen molar-refractivity contribution in [1.29, 1.82) is 0 Å². The van der Waals surface area contributed by atoms with Gasteiger partial charge in [-0.15, -0.1) is 0 Å². The van der Waals surface area contributed by atoms with E-state index in [-0.39, 0.29) is 4.90 Å². The molecule has 0 aromatic heterocycles. The molecule has 0 unspecified atom stereocenters. The predicted octanol–water partition coefficient (Wildman–Crippen LogP) is 3.05. The van der Waals surface area contributed by atoms with E-state index in [0.717, 1.165) is 12.8 Å². The Morgan fingerprint density at radius 1 is 1.04 bits per heavy atom. The van der Waals surface area contributed by atoms with Crippen molar-refractivity contribution in [3.8, 4) is 11.5 Å². The van der Waals surface area contributed by atoms with E-state index >= 15 is 0 Å². The highest BCUT2D eigenvalue weighted by molar-refractivity contribution is 7.89. The van der Waals surface area contributed by atoms with Crippen molar-refractivity contribution < 1.29 is 22.7 Å². The van der Waals surface area contributed by atoms with Crippen LogP contribution in [0.25, 0.3) is 0 Å². The molecular formula is C20H24N2O5S. The van der Waals surface area contributed by atoms with E-state index in [1.165, 1.54) is 17.5 Å². The Hall–Kier alpha value is -2.58. The first-order valence-corrected chi connectivity index (χ1v) is 10.4. The highest BCUT2D eigenvalue weighted by atomic mass is 32.2. The summed E-state index contributed by atoms with van der Waals surface area (Å²) in [5, 5.41) is 2.79. The van der Waals surface area contributed by atoms with Gasteiger partial charge >= 0.3 is 0 Å². The molecule has 1 saturated heterocycles. The van der Waals surface area contributed by atoms with Crippen LogP contribution in [-0.4, -0.2) is 45.9 Å². The van der Waals surface area contributed by atoms with Crippen molar-refractivity contribution in [1.82, 2.24) is 4.31 Å². The van der Waals surface area contributed by atoms with Crippen LogP contribution < -0.4 is 14.8 Å². The number of hydrogen-bond acceptors (Lipinski definition) is 5. The van der Waals surface area contributed by atoms with Crippen molar-refractivity contribution in [2.24, 2.45) is 0 Å². The zero-order valence-corrected chi connectivity index (χ0v) is 17.0. The molecule has 0 saturated carbocycles. The van der Waals surface area contributed by atoms with Crippen LogP contribution in [0.3, 0.4) is 0 Å². The van der Waals surface area contributed by atoms with Crippen molar-refractivity contribution in [3.63, 3.8) is 0 Å². The molecule has 1 fully saturated rings. The summed E-state index contributed by atoms with van der Waals surface area (Å²) in [6.07, 6.45) is 1.71. The van der Waals surface area contributed by atoms with E-state index in [1.807, 2.05) is 0 Å². The Bertz CT molecular complexity index is 982. The molecule has 0 spiro atoms. The molecule has 28 heavy (non-hydrogen) atoms. The number of benzene rings is 2. The van der Waals surface area contributed by atoms with Gasteiger partial charge in [-0.05, 0) is 49.6 Å². The number of sulfonamides is 1. The van der Waals surface area contributed by atoms with Crippen molar-refractivity contribution >= 4 is 21.6 Å². The van der Waals surface area contributed by atoms with Crippen molar-refractivity contribution in [3.05, 3.63) is 47.5 Å². The van der Waals surface area contributed by atoms with Gasteiger partial charge in [0.2, 0.25) is 10.0 Å². The van der Waals surface area contributed by atoms with Crippen LogP contribution in [0.15, 0.2) is 41.3 Å². The lowest BCUT2D eigenvalue weighted by Crippen LogP contribution is -2.28. The molecule has 150 valence electrons. The lowest BCUT2D eigenvalue weighted by Gasteiger charge is -2.17. The molecule has 2 aromatic rings. The minimum Gasteiger partial charge on any atom is -0.497 e. The van der Waals surface area contributed by atoms with E-state index in [1.54, 1.807) is 44.4 Å². The third-order valence-electron chi connectivity index (χ3n) is 4.81. The normalized spacial score (nSPS) is 14.7. The minimum absolute atomic E-state index is 0.131. The second kappa shape index (κ2) is 8.20. The molecule has 0 atom stereocenters. The molecule has 7 nitrogen and oxygen atoms in total. The average Bonchev–Trinajstić information content (AvgIpc) is 3.24. The summed E-state index contributed by atoms with van der Waals surface area (Å²) >= 11 is 0. The number of anilines is 1. The molecule has 1 aliphatic heterocycles. The number of carbonyl (C=O) groups excluding carboxylic acids is 1. The maximum absolute atomic E-state index is 12.9. The van der Waals surface area contributed by atoms with E-state index in [4.69, 9.17) is 9.47 Å². The Kier molecular flexibility index (Phi) is 5.90. The van der Waals surface area contributed by atoms with Crippen molar-refractivity contribution in [2.45, 2.75) is 24.7 Å². The summed E-state index contributed by atoms with van der Waals surface area (Å²) in [6.45, 7) is 2.80. The SMILES string of the molecule is COc1ccc(NC(=O)c2cc(S(=O)(=O)N3CCCC3)ccc2C)c(OC)c1. The summed E-state index contributed by atoms with van der Waals surface area (Å²) < 4.78 is 37.5. The highest BCUT2D eigenvalue weighted by Gasteiger charge is 2.28. The summed E-state index contributed by atoms with van der Waals surface area (Å²) in [6, 6.07) is 9.69. The van der Waals surface area contributed by atoms with Crippen molar-refractivity contribution in [2.75, 3.05) is 32.6 Å². The number of nitrogens with zero attached hydrogens (tertiary/aromatic N) is 1. The molecule has 1 heterocycles. The summed E-state index contributed by atoms with van der Waals surface area (Å²) in [5.41, 5.74) is 1.46. The fourth-order valence-corrected chi connectivity index (χ4v) is 4.72. The van der Waals surface area contributed by atoms with Gasteiger partial charge in [-0.1, -0.05) is 6.07 Å². The largest absolute Gasteiger partial charge is 0.497 e. The number of hydrogen-bond donors (Lipinski definition) is 1. The molecule has 0 radical (unpaired) electrons. The van der Waals surface area contributed by atoms with Crippen LogP contribution in [-0.2, 0) is 10.0 Å². The molecular weight excluding hydrogens is 380 g/mol. The van der Waals surface area contributed by atoms with Gasteiger partial charge in [0.05, 0.1) is 24.8 Å². The molecule has 0 aliphatic carbocycles. The fourth-order valence-electron chi connectivity index (χ4n) is 3.18. The summed E-state index contributed by atoms with van der Waals surface area (Å²) in [7, 11) is -0.551. The predicted molar refractivity (Wildman–Crippen MR) is 107 cm³/mol. The summed E-state index contributed by atoms with van der Waals surface area (Å²) in [5.74, 6) is 0.648. The number of carbonyl (C=O) groups is 1. The van der Waals surface area contributed by atoms with Gasteiger partial charge in [0.1, 0.15) is 11.5 Å². The molecule has 8 heteroatoms. The first kappa shape index (κ1) is 20.2. The Morgan fingerprint density at radius 2 is 1.75 bits per heavy atom. The molecule has 0 bridgehead atoms. The van der Waals surface area contributed by atoms with Gasteiger partial charge in [0, 0.05) is 24.7 Å². The molecule has 2 aromatic carbocycles. The van der Waals surface area contributed by atoms with Crippen LogP contribution in [0, 0.1) is 6.92 Å². The van der Waals surface area contributed by atoms with Crippen LogP contribution in [0.2, 0.25) is 0 Å². The second-order valence-corrected chi connectivity index (χ2v) is 8.55. The van der Waals surface area contributed by atoms with Gasteiger partial charge in [0.15, 0.2) is 0 Å². The van der Waals surface area contributed by atoms with E-state index in [2.05, 4.69) is 5.32 Å². The van der Waals surface area contributed by atoms with Gasteiger partial charge in [-0.3, -0.25) is 4.79 Å². The van der Waals surface area contributed by atoms with Crippen LogP contribution in [0.5, 0.6) is 11.5 Å². The van der Waals surface area contributed by atoms with E-state index < -0.39 is 15.9 Å². The smallest absolute Gasteiger partial charge is 0.256 e. The van der Waals surface area contributed by atoms with Gasteiger partial charge in [0.25, 0.3) is 5.91 Å². The molecule has 3 rings (SSSR count). The Balaban J connectivity index is 1.90. The maximum atomic E-state index is 12.9. The zero-order valence-electron chi connectivity index (χ0n) is 16.2. The number of methoxy groups -OCH3 is 2. The number of rotatable bonds is 6. The van der Waals surface area contributed by atoms with Crippen LogP contribution >= 0.6 is 0 Å². The van der Waals surface area contributed by atoms with Gasteiger partial charge in [-0.25, -0.2) is 8.42 Å². The van der Waals surface area contributed by atoms with Gasteiger partial charge in [-0.2, -0.15) is 4.31 Å². The lowest BCUT2D eigenvalue weighted by atomic mass is 10.1. The van der Waals surface area contributed by atoms with Crippen LogP contribution in [0.4, 0.5) is 5.69 Å². The first-order chi connectivity index (χ1) is 13.4. The maximum Gasteiger partial charge on any atom is 0.256 e. The number of nitrogens with one attached hydrogen (secondary N) is 1. The zero-order chi connectivity index (χ0) is 20.3. The quantitative estimate of drug-likeness (QED) is 0.800. The Morgan fingerprint density at radius 3 is 2.39 bits per heavy atom. The second-order valence-electron chi connectivity index (χ2n) is 6.61. The molecule has 1 aliphatic rings. The highest BCUT2D eigenvalue weighted by Crippen LogP contribution is 2.30. The van der Waals surface area contributed by atoms with Gasteiger partial charge < -0.3 is 14.8 Å². The lowest BCUT2D eigenvalue weighted by molar-refractivity contribution is 0.102. The number of aryl methyl sites for hydroxylation is 1. The number of ether oxygens (including phenoxy) is 2. The minimum atomic E-state index is -3.59. The first-order valence-electron chi connectivity index (χ1n) is 9.01. The van der Waals surface area contributed by atoms with Crippen LogP contribution in [0.1, 0.15) is 28.8 Å². The average molecular weight is 404 g/mol. The third-order valence-corrected chi connectivity index (χ3v) is 6.71. The molecule has 1 N–H and O–H groups in total. The topological polar surface area (TPSA) is 84.9 Å².